The summed E-state index contributed by atoms with van der Waals surface area (Å²) in [5, 5.41) is 0. The second-order valence-electron chi connectivity index (χ2n) is 5.53. The molecule has 1 aromatic carbocycles. The Balaban J connectivity index is 1.77. The number of sulfonamides is 1. The van der Waals surface area contributed by atoms with Crippen molar-refractivity contribution in [2.75, 3.05) is 26.8 Å². The first-order valence-corrected chi connectivity index (χ1v) is 9.32. The van der Waals surface area contributed by atoms with Gasteiger partial charge >= 0.3 is 0 Å². The quantitative estimate of drug-likeness (QED) is 0.757. The number of alkyl halides is 1. The molecule has 0 radical (unpaired) electrons. The van der Waals surface area contributed by atoms with Crippen molar-refractivity contribution in [1.29, 1.82) is 0 Å². The molecule has 2 aliphatic rings. The first-order chi connectivity index (χ1) is 9.96. The number of rotatable bonds is 4. The number of hydrogen-bond acceptors (Lipinski definition) is 4. The molecular weight excluding hydrogens is 358 g/mol. The van der Waals surface area contributed by atoms with Crippen LogP contribution in [0.2, 0.25) is 0 Å². The number of benzene rings is 1. The Morgan fingerprint density at radius 1 is 1.24 bits per heavy atom. The maximum Gasteiger partial charge on any atom is 0.242 e. The molecule has 1 aromatic rings. The number of hydrogen-bond donors (Lipinski definition) is 0. The fraction of sp³-hybridized carbons (Fsp3) is 0.571. The lowest BCUT2D eigenvalue weighted by atomic mass is 9.85. The predicted molar refractivity (Wildman–Crippen MR) is 82.7 cm³/mol. The van der Waals surface area contributed by atoms with E-state index >= 15 is 0 Å². The van der Waals surface area contributed by atoms with Crippen LogP contribution in [0, 0.1) is 5.92 Å². The van der Waals surface area contributed by atoms with E-state index in [1.807, 2.05) is 0 Å². The van der Waals surface area contributed by atoms with Crippen molar-refractivity contribution < 1.29 is 17.9 Å². The molecule has 21 heavy (non-hydrogen) atoms. The van der Waals surface area contributed by atoms with Crippen LogP contribution in [-0.4, -0.2) is 44.4 Å². The summed E-state index contributed by atoms with van der Waals surface area (Å²) in [5.74, 6) is 1.54. The Kier molecular flexibility index (Phi) is 4.16. The minimum absolute atomic E-state index is 0.254. The lowest BCUT2D eigenvalue weighted by Gasteiger charge is -2.34. The zero-order valence-electron chi connectivity index (χ0n) is 11.8. The Bertz CT molecular complexity index is 628. The van der Waals surface area contributed by atoms with Gasteiger partial charge in [-0.3, -0.25) is 0 Å². The maximum absolute atomic E-state index is 12.6. The SMILES string of the molecule is CN(CC1CC(Br)C1)S(=O)(=O)c1ccc2c(c1)OCCO2. The summed E-state index contributed by atoms with van der Waals surface area (Å²) in [4.78, 5) is 0.789. The van der Waals surface area contributed by atoms with E-state index in [2.05, 4.69) is 15.9 Å². The Labute approximate surface area is 133 Å². The molecule has 0 bridgehead atoms. The lowest BCUT2D eigenvalue weighted by molar-refractivity contribution is 0.171. The molecule has 0 amide bonds. The van der Waals surface area contributed by atoms with Gasteiger partial charge in [-0.2, -0.15) is 0 Å². The van der Waals surface area contributed by atoms with Crippen LogP contribution in [0.5, 0.6) is 11.5 Å². The highest BCUT2D eigenvalue weighted by atomic mass is 79.9. The van der Waals surface area contributed by atoms with Gasteiger partial charge in [0.05, 0.1) is 4.90 Å². The third-order valence-corrected chi connectivity index (χ3v) is 6.48. The highest BCUT2D eigenvalue weighted by Crippen LogP contribution is 2.36. The summed E-state index contributed by atoms with van der Waals surface area (Å²) in [6.07, 6.45) is 2.06. The monoisotopic (exact) mass is 375 g/mol. The minimum atomic E-state index is -3.48. The summed E-state index contributed by atoms with van der Waals surface area (Å²) < 4.78 is 37.5. The van der Waals surface area contributed by atoms with Gasteiger partial charge in [-0.1, -0.05) is 15.9 Å². The molecule has 5 nitrogen and oxygen atoms in total. The minimum Gasteiger partial charge on any atom is -0.486 e. The molecule has 0 aromatic heterocycles. The average Bonchev–Trinajstić information content (AvgIpc) is 2.45. The highest BCUT2D eigenvalue weighted by Gasteiger charge is 2.31. The van der Waals surface area contributed by atoms with E-state index < -0.39 is 10.0 Å². The van der Waals surface area contributed by atoms with Gasteiger partial charge in [-0.25, -0.2) is 12.7 Å². The normalized spacial score (nSPS) is 24.7. The predicted octanol–water partition coefficient (Wildman–Crippen LogP) is 2.25. The van der Waals surface area contributed by atoms with E-state index in [-0.39, 0.29) is 4.90 Å². The van der Waals surface area contributed by atoms with Crippen molar-refractivity contribution in [2.24, 2.45) is 5.92 Å². The van der Waals surface area contributed by atoms with Crippen LogP contribution in [0.4, 0.5) is 0 Å². The van der Waals surface area contributed by atoms with Crippen molar-refractivity contribution in [3.05, 3.63) is 18.2 Å². The number of ether oxygens (including phenoxy) is 2. The summed E-state index contributed by atoms with van der Waals surface area (Å²) >= 11 is 3.53. The zero-order valence-corrected chi connectivity index (χ0v) is 14.2. The van der Waals surface area contributed by atoms with Gasteiger partial charge < -0.3 is 9.47 Å². The second kappa shape index (κ2) is 5.78. The van der Waals surface area contributed by atoms with Crippen molar-refractivity contribution >= 4 is 26.0 Å². The molecule has 1 saturated carbocycles. The molecule has 0 spiro atoms. The first kappa shape index (κ1) is 15.1. The molecule has 1 fully saturated rings. The number of fused-ring (bicyclic) bond motifs is 1. The molecule has 1 aliphatic heterocycles. The van der Waals surface area contributed by atoms with Crippen molar-refractivity contribution in [3.8, 4) is 11.5 Å². The molecule has 116 valence electrons. The standard InChI is InChI=1S/C14H18BrNO4S/c1-16(9-10-6-11(15)7-10)21(17,18)12-2-3-13-14(8-12)20-5-4-19-13/h2-3,8,10-11H,4-7,9H2,1H3. The van der Waals surface area contributed by atoms with Crippen LogP contribution < -0.4 is 9.47 Å². The third kappa shape index (κ3) is 3.05. The van der Waals surface area contributed by atoms with Crippen LogP contribution in [0.25, 0.3) is 0 Å². The van der Waals surface area contributed by atoms with E-state index in [9.17, 15) is 8.42 Å². The third-order valence-electron chi connectivity index (χ3n) is 3.92. The summed E-state index contributed by atoms with van der Waals surface area (Å²) in [6.45, 7) is 1.49. The van der Waals surface area contributed by atoms with Gasteiger partial charge in [0.1, 0.15) is 13.2 Å². The molecule has 0 saturated heterocycles. The lowest BCUT2D eigenvalue weighted by Crippen LogP contribution is -2.37. The molecule has 1 aliphatic carbocycles. The van der Waals surface area contributed by atoms with Gasteiger partial charge in [0.15, 0.2) is 11.5 Å². The second-order valence-corrected chi connectivity index (χ2v) is 8.87. The number of halogens is 1. The van der Waals surface area contributed by atoms with Crippen LogP contribution in [0.1, 0.15) is 12.8 Å². The van der Waals surface area contributed by atoms with Gasteiger partial charge in [0, 0.05) is 24.5 Å². The highest BCUT2D eigenvalue weighted by molar-refractivity contribution is 9.09. The van der Waals surface area contributed by atoms with Gasteiger partial charge in [-0.15, -0.1) is 0 Å². The average molecular weight is 376 g/mol. The van der Waals surface area contributed by atoms with Gasteiger partial charge in [-0.05, 0) is 30.9 Å². The first-order valence-electron chi connectivity index (χ1n) is 6.97. The van der Waals surface area contributed by atoms with Crippen LogP contribution in [0.3, 0.4) is 0 Å². The summed E-state index contributed by atoms with van der Waals surface area (Å²) in [6, 6.07) is 4.79. The molecule has 0 unspecified atom stereocenters. The largest absolute Gasteiger partial charge is 0.486 e. The Morgan fingerprint density at radius 2 is 1.90 bits per heavy atom. The van der Waals surface area contributed by atoms with Crippen LogP contribution in [0.15, 0.2) is 23.1 Å². The summed E-state index contributed by atoms with van der Waals surface area (Å²) in [7, 11) is -1.85. The van der Waals surface area contributed by atoms with E-state index in [0.717, 1.165) is 12.8 Å². The van der Waals surface area contributed by atoms with Crippen molar-refractivity contribution in [3.63, 3.8) is 0 Å². The van der Waals surface area contributed by atoms with Gasteiger partial charge in [0.25, 0.3) is 0 Å². The van der Waals surface area contributed by atoms with Gasteiger partial charge in [0.2, 0.25) is 10.0 Å². The van der Waals surface area contributed by atoms with E-state index in [1.165, 1.54) is 4.31 Å². The molecule has 3 rings (SSSR count). The van der Waals surface area contributed by atoms with Crippen molar-refractivity contribution in [1.82, 2.24) is 4.31 Å². The van der Waals surface area contributed by atoms with Crippen LogP contribution >= 0.6 is 15.9 Å². The molecule has 7 heteroatoms. The molecule has 0 atom stereocenters. The fourth-order valence-electron chi connectivity index (χ4n) is 2.63. The zero-order chi connectivity index (χ0) is 15.0. The van der Waals surface area contributed by atoms with Crippen molar-refractivity contribution in [2.45, 2.75) is 22.6 Å². The Morgan fingerprint density at radius 3 is 2.57 bits per heavy atom. The van der Waals surface area contributed by atoms with E-state index in [4.69, 9.17) is 9.47 Å². The molecule has 0 N–H and O–H groups in total. The van der Waals surface area contributed by atoms with E-state index in [0.29, 0.717) is 42.0 Å². The number of nitrogens with zero attached hydrogens (tertiary/aromatic N) is 1. The maximum atomic E-state index is 12.6. The van der Waals surface area contributed by atoms with E-state index in [1.54, 1.807) is 25.2 Å². The fourth-order valence-corrected chi connectivity index (χ4v) is 4.95. The van der Waals surface area contributed by atoms with Crippen LogP contribution in [-0.2, 0) is 10.0 Å². The smallest absolute Gasteiger partial charge is 0.242 e. The molecule has 1 heterocycles. The topological polar surface area (TPSA) is 55.8 Å². The summed E-state index contributed by atoms with van der Waals surface area (Å²) in [5.41, 5.74) is 0. The Hall–Kier alpha value is -0.790. The molecular formula is C14H18BrNO4S.